The highest BCUT2D eigenvalue weighted by Gasteiger charge is 2.41. The van der Waals surface area contributed by atoms with Gasteiger partial charge in [-0.15, -0.1) is 0 Å². The zero-order chi connectivity index (χ0) is 29.5. The van der Waals surface area contributed by atoms with Crippen LogP contribution in [0.2, 0.25) is 0 Å². The molecule has 1 saturated heterocycles. The summed E-state index contributed by atoms with van der Waals surface area (Å²) in [5.41, 5.74) is -0.177. The van der Waals surface area contributed by atoms with Crippen molar-refractivity contribution in [3.05, 3.63) is 23.5 Å². The van der Waals surface area contributed by atoms with Crippen molar-refractivity contribution in [2.75, 3.05) is 13.2 Å². The van der Waals surface area contributed by atoms with E-state index in [2.05, 4.69) is 10.3 Å². The smallest absolute Gasteiger partial charge is 0.463 e. The first kappa shape index (κ1) is 31.5. The SMILES string of the molecule is CC[C@H]1C(=O)OC[C@H](NC(=O)c2nccc(C)c2OC(=O)OCC(C)(C)C)C(=O)O[C@@H](C)[C@@H]1OC(=O)C(C)C. The molecule has 0 bridgehead atoms. The molecule has 39 heavy (non-hydrogen) atoms. The first-order valence-electron chi connectivity index (χ1n) is 12.8. The van der Waals surface area contributed by atoms with Gasteiger partial charge in [0.05, 0.1) is 18.4 Å². The molecule has 0 aliphatic carbocycles. The number of hydrogen-bond donors (Lipinski definition) is 1. The molecule has 12 nitrogen and oxygen atoms in total. The van der Waals surface area contributed by atoms with Crippen molar-refractivity contribution in [2.45, 2.75) is 80.1 Å². The Morgan fingerprint density at radius 1 is 1.18 bits per heavy atom. The Labute approximate surface area is 228 Å². The molecule has 0 saturated carbocycles. The molecule has 1 aromatic heterocycles. The van der Waals surface area contributed by atoms with Crippen LogP contribution >= 0.6 is 0 Å². The Balaban J connectivity index is 2.25. The number of carbonyl (C=O) groups excluding carboxylic acids is 5. The van der Waals surface area contributed by atoms with Crippen molar-refractivity contribution < 1.29 is 47.7 Å². The number of aromatic nitrogens is 1. The number of rotatable bonds is 7. The highest BCUT2D eigenvalue weighted by Crippen LogP contribution is 2.25. The van der Waals surface area contributed by atoms with Gasteiger partial charge in [-0.2, -0.15) is 0 Å². The molecule has 4 atom stereocenters. The number of nitrogens with zero attached hydrogens (tertiary/aromatic N) is 1. The molecule has 1 aromatic rings. The van der Waals surface area contributed by atoms with E-state index in [1.807, 2.05) is 20.8 Å². The molecule has 1 aliphatic heterocycles. The Hall–Kier alpha value is -3.70. The number of hydrogen-bond acceptors (Lipinski definition) is 11. The fourth-order valence-electron chi connectivity index (χ4n) is 3.53. The number of esters is 3. The minimum atomic E-state index is -1.41. The number of amides is 1. The minimum Gasteiger partial charge on any atom is -0.463 e. The summed E-state index contributed by atoms with van der Waals surface area (Å²) < 4.78 is 26.7. The van der Waals surface area contributed by atoms with Gasteiger partial charge in [-0.3, -0.25) is 14.4 Å². The van der Waals surface area contributed by atoms with Crippen molar-refractivity contribution in [3.63, 3.8) is 0 Å². The van der Waals surface area contributed by atoms with Crippen LogP contribution in [0, 0.1) is 24.2 Å². The summed E-state index contributed by atoms with van der Waals surface area (Å²) in [5, 5.41) is 2.43. The lowest BCUT2D eigenvalue weighted by molar-refractivity contribution is -0.176. The summed E-state index contributed by atoms with van der Waals surface area (Å²) in [6, 6.07) is 0.119. The second-order valence-corrected chi connectivity index (χ2v) is 10.9. The molecule has 0 aromatic carbocycles. The van der Waals surface area contributed by atoms with Crippen molar-refractivity contribution >= 4 is 30.0 Å². The van der Waals surface area contributed by atoms with Gasteiger partial charge < -0.3 is 29.0 Å². The Bertz CT molecular complexity index is 1080. The zero-order valence-corrected chi connectivity index (χ0v) is 23.7. The van der Waals surface area contributed by atoms with E-state index in [1.165, 1.54) is 19.2 Å². The van der Waals surface area contributed by atoms with E-state index in [4.69, 9.17) is 23.7 Å². The van der Waals surface area contributed by atoms with E-state index in [0.717, 1.165) is 0 Å². The van der Waals surface area contributed by atoms with Gasteiger partial charge in [0, 0.05) is 6.20 Å². The van der Waals surface area contributed by atoms with Crippen LogP contribution in [0.3, 0.4) is 0 Å². The number of aryl methyl sites for hydroxylation is 1. The standard InChI is InChI=1S/C27H38N2O10/c1-9-17-21(38-23(31)14(2)3)16(5)37-25(33)18(12-35-24(17)32)29-22(30)19-20(15(4)10-11-28-19)39-26(34)36-13-27(6,7)8/h10-11,14,16-18,21H,9,12-13H2,1-8H3,(H,29,30)/t16-,17+,18-,21-/m0/s1. The average molecular weight is 551 g/mol. The van der Waals surface area contributed by atoms with Crippen LogP contribution in [0.5, 0.6) is 5.75 Å². The summed E-state index contributed by atoms with van der Waals surface area (Å²) in [4.78, 5) is 67.5. The second-order valence-electron chi connectivity index (χ2n) is 10.9. The van der Waals surface area contributed by atoms with Crippen LogP contribution < -0.4 is 10.1 Å². The molecular formula is C27H38N2O10. The van der Waals surface area contributed by atoms with Gasteiger partial charge in [-0.1, -0.05) is 41.5 Å². The van der Waals surface area contributed by atoms with Gasteiger partial charge >= 0.3 is 24.1 Å². The van der Waals surface area contributed by atoms with Crippen LogP contribution in [-0.2, 0) is 33.3 Å². The maximum absolute atomic E-state index is 13.2. The van der Waals surface area contributed by atoms with E-state index < -0.39 is 66.7 Å². The maximum atomic E-state index is 13.2. The largest absolute Gasteiger partial charge is 0.513 e. The molecule has 216 valence electrons. The fourth-order valence-corrected chi connectivity index (χ4v) is 3.53. The Morgan fingerprint density at radius 2 is 1.85 bits per heavy atom. The van der Waals surface area contributed by atoms with Gasteiger partial charge in [0.15, 0.2) is 23.6 Å². The first-order valence-corrected chi connectivity index (χ1v) is 12.8. The van der Waals surface area contributed by atoms with Gasteiger partial charge in [0.2, 0.25) is 0 Å². The lowest BCUT2D eigenvalue weighted by atomic mass is 9.95. The quantitative estimate of drug-likeness (QED) is 0.393. The lowest BCUT2D eigenvalue weighted by Crippen LogP contribution is -2.47. The van der Waals surface area contributed by atoms with Crippen LogP contribution in [0.1, 0.15) is 70.9 Å². The van der Waals surface area contributed by atoms with Gasteiger partial charge in [-0.25, -0.2) is 14.6 Å². The van der Waals surface area contributed by atoms with Crippen LogP contribution in [0.4, 0.5) is 4.79 Å². The summed E-state index contributed by atoms with van der Waals surface area (Å²) in [5.74, 6) is -4.56. The van der Waals surface area contributed by atoms with Crippen molar-refractivity contribution in [3.8, 4) is 5.75 Å². The number of ether oxygens (including phenoxy) is 5. The van der Waals surface area contributed by atoms with E-state index in [0.29, 0.717) is 5.56 Å². The molecule has 1 aliphatic rings. The summed E-state index contributed by atoms with van der Waals surface area (Å²) in [6.07, 6.45) is -1.52. The molecule has 2 heterocycles. The summed E-state index contributed by atoms with van der Waals surface area (Å²) in [7, 11) is 0. The molecule has 1 N–H and O–H groups in total. The van der Waals surface area contributed by atoms with Gasteiger partial charge in [0.1, 0.15) is 12.7 Å². The predicted octanol–water partition coefficient (Wildman–Crippen LogP) is 3.13. The average Bonchev–Trinajstić information content (AvgIpc) is 2.88. The molecule has 0 radical (unpaired) electrons. The minimum absolute atomic E-state index is 0.0797. The van der Waals surface area contributed by atoms with Crippen molar-refractivity contribution in [1.82, 2.24) is 10.3 Å². The van der Waals surface area contributed by atoms with Crippen LogP contribution in [-0.4, -0.2) is 66.4 Å². The fraction of sp³-hybridized carbons (Fsp3) is 0.630. The predicted molar refractivity (Wildman–Crippen MR) is 137 cm³/mol. The van der Waals surface area contributed by atoms with E-state index in [-0.39, 0.29) is 29.9 Å². The molecule has 2 rings (SSSR count). The van der Waals surface area contributed by atoms with Gasteiger partial charge in [0.25, 0.3) is 5.91 Å². The van der Waals surface area contributed by atoms with E-state index in [1.54, 1.807) is 27.7 Å². The topological polar surface area (TPSA) is 156 Å². The second kappa shape index (κ2) is 13.4. The molecule has 0 unspecified atom stereocenters. The van der Waals surface area contributed by atoms with Crippen molar-refractivity contribution in [2.24, 2.45) is 17.3 Å². The highest BCUT2D eigenvalue weighted by molar-refractivity contribution is 5.98. The Morgan fingerprint density at radius 3 is 2.44 bits per heavy atom. The molecule has 1 fully saturated rings. The third-order valence-corrected chi connectivity index (χ3v) is 5.73. The highest BCUT2D eigenvalue weighted by atomic mass is 16.7. The van der Waals surface area contributed by atoms with E-state index >= 15 is 0 Å². The zero-order valence-electron chi connectivity index (χ0n) is 23.7. The summed E-state index contributed by atoms with van der Waals surface area (Å²) >= 11 is 0. The number of pyridine rings is 1. The molecule has 1 amide bonds. The third-order valence-electron chi connectivity index (χ3n) is 5.73. The van der Waals surface area contributed by atoms with E-state index in [9.17, 15) is 24.0 Å². The number of nitrogens with one attached hydrogen (secondary N) is 1. The third kappa shape index (κ3) is 8.93. The monoisotopic (exact) mass is 550 g/mol. The molecule has 0 spiro atoms. The first-order chi connectivity index (χ1) is 18.1. The van der Waals surface area contributed by atoms with Crippen molar-refractivity contribution in [1.29, 1.82) is 0 Å². The maximum Gasteiger partial charge on any atom is 0.513 e. The molecule has 12 heteroatoms. The number of cyclic esters (lactones) is 2. The molecular weight excluding hydrogens is 512 g/mol. The Kier molecular flexibility index (Phi) is 10.8. The normalized spacial score (nSPS) is 22.0. The van der Waals surface area contributed by atoms with Crippen LogP contribution in [0.15, 0.2) is 12.3 Å². The van der Waals surface area contributed by atoms with Crippen LogP contribution in [0.25, 0.3) is 0 Å². The lowest BCUT2D eigenvalue weighted by Gasteiger charge is -2.29. The summed E-state index contributed by atoms with van der Waals surface area (Å²) in [6.45, 7) is 13.3. The number of carbonyl (C=O) groups is 5. The van der Waals surface area contributed by atoms with Gasteiger partial charge in [-0.05, 0) is 37.3 Å².